The second-order valence-electron chi connectivity index (χ2n) is 5.61. The maximum absolute atomic E-state index is 12.9. The summed E-state index contributed by atoms with van der Waals surface area (Å²) in [6, 6.07) is 0.247. The number of hydrogen-bond donors (Lipinski definition) is 1. The van der Waals surface area contributed by atoms with Crippen molar-refractivity contribution in [2.75, 3.05) is 13.6 Å². The first kappa shape index (κ1) is 13.5. The quantitative estimate of drug-likeness (QED) is 0.924. The van der Waals surface area contributed by atoms with E-state index in [9.17, 15) is 8.42 Å². The molecule has 0 spiro atoms. The Morgan fingerprint density at radius 1 is 1.47 bits per heavy atom. The van der Waals surface area contributed by atoms with Gasteiger partial charge in [-0.25, -0.2) is 8.42 Å². The number of sulfonamides is 1. The van der Waals surface area contributed by atoms with E-state index in [1.165, 1.54) is 17.8 Å². The zero-order chi connectivity index (χ0) is 13.6. The molecule has 0 amide bonds. The molecule has 4 nitrogen and oxygen atoms in total. The van der Waals surface area contributed by atoms with Gasteiger partial charge in [-0.05, 0) is 50.1 Å². The van der Waals surface area contributed by atoms with Gasteiger partial charge in [-0.2, -0.15) is 4.31 Å². The number of nitrogens with one attached hydrogen (secondary N) is 1. The van der Waals surface area contributed by atoms with E-state index in [2.05, 4.69) is 5.32 Å². The average molecular weight is 300 g/mol. The number of thiophene rings is 1. The summed E-state index contributed by atoms with van der Waals surface area (Å²) >= 11 is 1.54. The van der Waals surface area contributed by atoms with Crippen molar-refractivity contribution < 1.29 is 8.42 Å². The van der Waals surface area contributed by atoms with Gasteiger partial charge in [0, 0.05) is 24.0 Å². The highest BCUT2D eigenvalue weighted by molar-refractivity contribution is 7.89. The van der Waals surface area contributed by atoms with Crippen LogP contribution in [0.25, 0.3) is 0 Å². The Bertz CT molecular complexity index is 579. The third-order valence-electron chi connectivity index (χ3n) is 4.25. The van der Waals surface area contributed by atoms with Crippen LogP contribution in [-0.4, -0.2) is 32.4 Å². The summed E-state index contributed by atoms with van der Waals surface area (Å²) in [4.78, 5) is 1.49. The first-order valence-corrected chi connectivity index (χ1v) is 9.09. The van der Waals surface area contributed by atoms with Gasteiger partial charge in [0.2, 0.25) is 10.0 Å². The van der Waals surface area contributed by atoms with Crippen LogP contribution >= 0.6 is 11.3 Å². The van der Waals surface area contributed by atoms with Crippen LogP contribution in [0.4, 0.5) is 0 Å². The van der Waals surface area contributed by atoms with Crippen LogP contribution in [0.5, 0.6) is 0 Å². The number of fused-ring (bicyclic) bond motifs is 2. The van der Waals surface area contributed by atoms with Crippen molar-refractivity contribution in [3.8, 4) is 0 Å². The fourth-order valence-corrected chi connectivity index (χ4v) is 6.93. The van der Waals surface area contributed by atoms with Crippen LogP contribution < -0.4 is 5.32 Å². The molecule has 1 aliphatic heterocycles. The fraction of sp³-hybridized carbons (Fsp3) is 0.692. The van der Waals surface area contributed by atoms with Crippen molar-refractivity contribution in [1.29, 1.82) is 0 Å². The molecule has 1 aromatic rings. The molecule has 2 unspecified atom stereocenters. The van der Waals surface area contributed by atoms with Crippen molar-refractivity contribution in [3.63, 3.8) is 0 Å². The van der Waals surface area contributed by atoms with Gasteiger partial charge in [0.1, 0.15) is 4.90 Å². The van der Waals surface area contributed by atoms with Crippen LogP contribution in [0.2, 0.25) is 0 Å². The molecule has 3 rings (SSSR count). The third kappa shape index (κ3) is 2.14. The van der Waals surface area contributed by atoms with Gasteiger partial charge in [-0.3, -0.25) is 0 Å². The Morgan fingerprint density at radius 2 is 2.26 bits per heavy atom. The van der Waals surface area contributed by atoms with Gasteiger partial charge < -0.3 is 5.32 Å². The zero-order valence-electron chi connectivity index (χ0n) is 11.3. The molecule has 0 aromatic carbocycles. The van der Waals surface area contributed by atoms with Crippen LogP contribution in [0, 0.1) is 12.8 Å². The Hall–Kier alpha value is -0.430. The van der Waals surface area contributed by atoms with Gasteiger partial charge in [0.25, 0.3) is 0 Å². The topological polar surface area (TPSA) is 49.4 Å². The van der Waals surface area contributed by atoms with Crippen LogP contribution in [0.15, 0.2) is 10.3 Å². The van der Waals surface area contributed by atoms with E-state index in [-0.39, 0.29) is 6.04 Å². The molecule has 2 aliphatic rings. The van der Waals surface area contributed by atoms with E-state index >= 15 is 0 Å². The normalized spacial score (nSPS) is 27.3. The summed E-state index contributed by atoms with van der Waals surface area (Å²) in [5.41, 5.74) is 0.887. The minimum absolute atomic E-state index is 0.247. The summed E-state index contributed by atoms with van der Waals surface area (Å²) in [6.07, 6.45) is 3.29. The molecule has 6 heteroatoms. The molecule has 2 atom stereocenters. The van der Waals surface area contributed by atoms with Gasteiger partial charge in [0.05, 0.1) is 0 Å². The highest BCUT2D eigenvalue weighted by Crippen LogP contribution is 2.42. The lowest BCUT2D eigenvalue weighted by atomic mass is 10.1. The highest BCUT2D eigenvalue weighted by Gasteiger charge is 2.45. The van der Waals surface area contributed by atoms with Crippen LogP contribution in [0.1, 0.15) is 29.7 Å². The molecule has 2 fully saturated rings. The lowest BCUT2D eigenvalue weighted by molar-refractivity contribution is 0.333. The second-order valence-corrected chi connectivity index (χ2v) is 8.40. The van der Waals surface area contributed by atoms with Crippen molar-refractivity contribution in [2.24, 2.45) is 5.92 Å². The molecule has 1 saturated carbocycles. The zero-order valence-corrected chi connectivity index (χ0v) is 13.0. The van der Waals surface area contributed by atoms with E-state index in [0.717, 1.165) is 29.8 Å². The SMILES string of the molecule is CNCc1scc(C)c1S(=O)(=O)N1CC2CCC1C2. The molecule has 1 saturated heterocycles. The molecule has 106 valence electrons. The van der Waals surface area contributed by atoms with Crippen LogP contribution in [0.3, 0.4) is 0 Å². The summed E-state index contributed by atoms with van der Waals surface area (Å²) in [7, 11) is -1.46. The van der Waals surface area contributed by atoms with E-state index in [0.29, 0.717) is 17.4 Å². The highest BCUT2D eigenvalue weighted by atomic mass is 32.2. The standard InChI is InChI=1S/C13H20N2O2S2/c1-9-8-18-12(6-14-2)13(9)19(16,17)15-7-10-3-4-11(15)5-10/h8,10-11,14H,3-7H2,1-2H3. The largest absolute Gasteiger partial charge is 0.315 e. The summed E-state index contributed by atoms with van der Waals surface area (Å²) in [5, 5.41) is 5.01. The van der Waals surface area contributed by atoms with E-state index in [4.69, 9.17) is 0 Å². The van der Waals surface area contributed by atoms with E-state index in [1.807, 2.05) is 19.4 Å². The van der Waals surface area contributed by atoms with Gasteiger partial charge in [0.15, 0.2) is 0 Å². The van der Waals surface area contributed by atoms with Gasteiger partial charge in [-0.15, -0.1) is 11.3 Å². The maximum Gasteiger partial charge on any atom is 0.244 e. The first-order chi connectivity index (χ1) is 9.04. The molecule has 2 bridgehead atoms. The summed E-state index contributed by atoms with van der Waals surface area (Å²) in [5.74, 6) is 0.589. The molecular weight excluding hydrogens is 280 g/mol. The fourth-order valence-electron chi connectivity index (χ4n) is 3.41. The Balaban J connectivity index is 1.98. The number of nitrogens with zero attached hydrogens (tertiary/aromatic N) is 1. The lowest BCUT2D eigenvalue weighted by Gasteiger charge is -2.26. The molecule has 19 heavy (non-hydrogen) atoms. The molecular formula is C13H20N2O2S2. The molecule has 1 aliphatic carbocycles. The first-order valence-electron chi connectivity index (χ1n) is 6.77. The molecule has 2 heterocycles. The molecule has 0 radical (unpaired) electrons. The number of aryl methyl sites for hydroxylation is 1. The maximum atomic E-state index is 12.9. The number of piperidine rings is 1. The smallest absolute Gasteiger partial charge is 0.244 e. The number of hydrogen-bond acceptors (Lipinski definition) is 4. The lowest BCUT2D eigenvalue weighted by Crippen LogP contribution is -2.38. The minimum Gasteiger partial charge on any atom is -0.315 e. The van der Waals surface area contributed by atoms with Crippen molar-refractivity contribution >= 4 is 21.4 Å². The van der Waals surface area contributed by atoms with Crippen molar-refractivity contribution in [1.82, 2.24) is 9.62 Å². The second kappa shape index (κ2) is 4.84. The number of rotatable bonds is 4. The predicted octanol–water partition coefficient (Wildman–Crippen LogP) is 1.95. The van der Waals surface area contributed by atoms with Crippen LogP contribution in [-0.2, 0) is 16.6 Å². The monoisotopic (exact) mass is 300 g/mol. The molecule has 1 aromatic heterocycles. The average Bonchev–Trinajstić information content (AvgIpc) is 3.05. The minimum atomic E-state index is -3.31. The van der Waals surface area contributed by atoms with Crippen molar-refractivity contribution in [2.45, 2.75) is 43.7 Å². The summed E-state index contributed by atoms with van der Waals surface area (Å²) < 4.78 is 27.6. The Morgan fingerprint density at radius 3 is 2.84 bits per heavy atom. The Labute approximate surface area is 118 Å². The predicted molar refractivity (Wildman–Crippen MR) is 76.8 cm³/mol. The molecule has 1 N–H and O–H groups in total. The van der Waals surface area contributed by atoms with E-state index in [1.54, 1.807) is 4.31 Å². The van der Waals surface area contributed by atoms with Crippen molar-refractivity contribution in [3.05, 3.63) is 15.8 Å². The Kier molecular flexibility index (Phi) is 3.45. The van der Waals surface area contributed by atoms with E-state index < -0.39 is 10.0 Å². The third-order valence-corrected chi connectivity index (χ3v) is 7.63. The van der Waals surface area contributed by atoms with Gasteiger partial charge >= 0.3 is 0 Å². The summed E-state index contributed by atoms with van der Waals surface area (Å²) in [6.45, 7) is 3.24. The van der Waals surface area contributed by atoms with Gasteiger partial charge in [-0.1, -0.05) is 0 Å².